The monoisotopic (exact) mass is 360 g/mol. The molecule has 7 heteroatoms. The van der Waals surface area contributed by atoms with E-state index in [1.807, 2.05) is 0 Å². The lowest BCUT2D eigenvalue weighted by molar-refractivity contribution is -0.128. The van der Waals surface area contributed by atoms with Gasteiger partial charge in [0.05, 0.1) is 5.69 Å². The molecule has 0 unspecified atom stereocenters. The fraction of sp³-hybridized carbons (Fsp3) is 0.600. The lowest BCUT2D eigenvalue weighted by Gasteiger charge is -2.19. The number of hydrogen-bond acceptors (Lipinski definition) is 2. The first-order chi connectivity index (χ1) is 7.50. The maximum absolute atomic E-state index is 12.2. The van der Waals surface area contributed by atoms with Gasteiger partial charge < -0.3 is 4.98 Å². The van der Waals surface area contributed by atoms with E-state index in [1.165, 1.54) is 0 Å². The number of rotatable bonds is 1. The smallest absolute Gasteiger partial charge is 0.309 e. The molecule has 3 nitrogen and oxygen atoms in total. The van der Waals surface area contributed by atoms with Crippen LogP contribution >= 0.6 is 22.6 Å². The van der Waals surface area contributed by atoms with E-state index in [0.717, 1.165) is 0 Å². The zero-order chi connectivity index (χ0) is 13.4. The van der Waals surface area contributed by atoms with Gasteiger partial charge in [0.25, 0.3) is 5.56 Å². The predicted molar refractivity (Wildman–Crippen MR) is 66.0 cm³/mol. The molecule has 1 aromatic rings. The van der Waals surface area contributed by atoms with Crippen molar-refractivity contribution in [3.05, 3.63) is 25.4 Å². The van der Waals surface area contributed by atoms with Crippen LogP contribution in [-0.4, -0.2) is 16.1 Å². The molecule has 1 heterocycles. The van der Waals surface area contributed by atoms with Crippen molar-refractivity contribution in [1.29, 1.82) is 0 Å². The Kier molecular flexibility index (Phi) is 3.90. The Morgan fingerprint density at radius 2 is 1.82 bits per heavy atom. The van der Waals surface area contributed by atoms with Gasteiger partial charge in [0.1, 0.15) is 15.8 Å². The largest absolute Gasteiger partial charge is 0.396 e. The van der Waals surface area contributed by atoms with Gasteiger partial charge in [0.2, 0.25) is 0 Å². The number of nitrogens with zero attached hydrogens (tertiary/aromatic N) is 1. The summed E-state index contributed by atoms with van der Waals surface area (Å²) >= 11 is 1.80. The molecule has 0 aliphatic heterocycles. The summed E-state index contributed by atoms with van der Waals surface area (Å²) in [5.74, 6) is -0.340. The summed E-state index contributed by atoms with van der Waals surface area (Å²) in [6, 6.07) is 0. The first-order valence-corrected chi connectivity index (χ1v) is 5.94. The van der Waals surface area contributed by atoms with Gasteiger partial charge in [0.15, 0.2) is 0 Å². The number of aromatic nitrogens is 2. The highest BCUT2D eigenvalue weighted by Crippen LogP contribution is 2.25. The van der Waals surface area contributed by atoms with E-state index >= 15 is 0 Å². The molecule has 0 saturated carbocycles. The summed E-state index contributed by atoms with van der Waals surface area (Å²) in [6.07, 6.45) is -5.60. The molecule has 17 heavy (non-hydrogen) atoms. The molecule has 0 aliphatic carbocycles. The minimum absolute atomic E-state index is 0.334. The fourth-order valence-electron chi connectivity index (χ4n) is 1.28. The third kappa shape index (κ3) is 3.97. The summed E-state index contributed by atoms with van der Waals surface area (Å²) in [5, 5.41) is 0. The summed E-state index contributed by atoms with van der Waals surface area (Å²) in [6.45, 7) is 5.40. The number of hydrogen-bond donors (Lipinski definition) is 1. The molecule has 0 bridgehead atoms. The van der Waals surface area contributed by atoms with Gasteiger partial charge in [-0.15, -0.1) is 0 Å². The van der Waals surface area contributed by atoms with Crippen LogP contribution in [0.1, 0.15) is 32.3 Å². The van der Waals surface area contributed by atoms with Crippen LogP contribution in [0.15, 0.2) is 4.79 Å². The second-order valence-electron chi connectivity index (χ2n) is 4.72. The molecule has 0 saturated heterocycles. The van der Waals surface area contributed by atoms with Crippen LogP contribution in [0, 0.1) is 3.57 Å². The third-order valence-electron chi connectivity index (χ3n) is 1.99. The minimum Gasteiger partial charge on any atom is -0.309 e. The molecule has 1 rings (SSSR count). The van der Waals surface area contributed by atoms with Crippen molar-refractivity contribution in [1.82, 2.24) is 9.97 Å². The second-order valence-corrected chi connectivity index (χ2v) is 5.80. The van der Waals surface area contributed by atoms with Gasteiger partial charge in [-0.25, -0.2) is 4.98 Å². The van der Waals surface area contributed by atoms with Gasteiger partial charge in [-0.3, -0.25) is 4.79 Å². The normalized spacial score (nSPS) is 12.9. The first kappa shape index (κ1) is 14.5. The highest BCUT2D eigenvalue weighted by molar-refractivity contribution is 14.1. The maximum Gasteiger partial charge on any atom is 0.396 e. The van der Waals surface area contributed by atoms with E-state index in [1.54, 1.807) is 43.4 Å². The van der Waals surface area contributed by atoms with Crippen molar-refractivity contribution in [3.8, 4) is 0 Å². The molecule has 0 aliphatic rings. The Bertz CT molecular complexity index is 474. The summed E-state index contributed by atoms with van der Waals surface area (Å²) in [5.41, 5.74) is -0.601. The second kappa shape index (κ2) is 4.58. The van der Waals surface area contributed by atoms with Crippen molar-refractivity contribution in [2.24, 2.45) is 0 Å². The van der Waals surface area contributed by atoms with E-state index < -0.39 is 23.6 Å². The van der Waals surface area contributed by atoms with Crippen molar-refractivity contribution in [3.63, 3.8) is 0 Å². The van der Waals surface area contributed by atoms with Crippen molar-refractivity contribution >= 4 is 22.6 Å². The van der Waals surface area contributed by atoms with E-state index in [-0.39, 0.29) is 5.82 Å². The third-order valence-corrected chi connectivity index (χ3v) is 2.99. The van der Waals surface area contributed by atoms with E-state index in [9.17, 15) is 18.0 Å². The average Bonchev–Trinajstić information content (AvgIpc) is 2.06. The number of halogens is 4. The Hall–Kier alpha value is -0.600. The first-order valence-electron chi connectivity index (χ1n) is 4.86. The molecule has 1 aromatic heterocycles. The number of aromatic amines is 1. The topological polar surface area (TPSA) is 45.8 Å². The van der Waals surface area contributed by atoms with Crippen LogP contribution in [0.3, 0.4) is 0 Å². The highest BCUT2D eigenvalue weighted by atomic mass is 127. The van der Waals surface area contributed by atoms with Gasteiger partial charge in [-0.1, -0.05) is 20.8 Å². The van der Waals surface area contributed by atoms with Crippen molar-refractivity contribution < 1.29 is 13.2 Å². The van der Waals surface area contributed by atoms with Crippen LogP contribution in [0.4, 0.5) is 13.2 Å². The van der Waals surface area contributed by atoms with E-state index in [4.69, 9.17) is 0 Å². The Labute approximate surface area is 110 Å². The number of H-pyrrole nitrogens is 1. The summed E-state index contributed by atoms with van der Waals surface area (Å²) in [4.78, 5) is 17.6. The molecule has 0 amide bonds. The van der Waals surface area contributed by atoms with Gasteiger partial charge >= 0.3 is 6.18 Å². The van der Waals surface area contributed by atoms with Crippen LogP contribution < -0.4 is 5.56 Å². The fourth-order valence-corrected chi connectivity index (χ4v) is 2.34. The molecule has 1 N–H and O–H groups in total. The summed E-state index contributed by atoms with van der Waals surface area (Å²) in [7, 11) is 0. The molecular formula is C10H12F3IN2O. The Balaban J connectivity index is 3.30. The molecule has 0 spiro atoms. The minimum atomic E-state index is -4.38. The number of nitrogens with one attached hydrogen (secondary N) is 1. The molecule has 0 radical (unpaired) electrons. The lowest BCUT2D eigenvalue weighted by atomic mass is 9.92. The maximum atomic E-state index is 12.2. The number of alkyl halides is 3. The molecule has 0 fully saturated rings. The van der Waals surface area contributed by atoms with Crippen molar-refractivity contribution in [2.45, 2.75) is 38.8 Å². The molecular weight excluding hydrogens is 348 g/mol. The molecule has 96 valence electrons. The standard InChI is InChI=1S/C10H12F3IN2O/c1-9(2,3)7-6(14)8(17)16-5(15-7)4-10(11,12)13/h4H2,1-3H3,(H,15,16,17). The SMILES string of the molecule is CC(C)(C)c1nc(CC(F)(F)F)[nH]c(=O)c1I. The van der Waals surface area contributed by atoms with Crippen LogP contribution in [-0.2, 0) is 11.8 Å². The van der Waals surface area contributed by atoms with Crippen LogP contribution in [0.2, 0.25) is 0 Å². The molecule has 0 atom stereocenters. The zero-order valence-corrected chi connectivity index (χ0v) is 11.7. The molecule has 0 aromatic carbocycles. The summed E-state index contributed by atoms with van der Waals surface area (Å²) < 4.78 is 37.0. The van der Waals surface area contributed by atoms with Gasteiger partial charge in [0, 0.05) is 5.41 Å². The quantitative estimate of drug-likeness (QED) is 0.783. The van der Waals surface area contributed by atoms with Crippen LogP contribution in [0.5, 0.6) is 0 Å². The van der Waals surface area contributed by atoms with Gasteiger partial charge in [-0.2, -0.15) is 13.2 Å². The van der Waals surface area contributed by atoms with Crippen LogP contribution in [0.25, 0.3) is 0 Å². The Morgan fingerprint density at radius 1 is 1.29 bits per heavy atom. The van der Waals surface area contributed by atoms with Crippen molar-refractivity contribution in [2.75, 3.05) is 0 Å². The van der Waals surface area contributed by atoms with E-state index in [0.29, 0.717) is 9.26 Å². The zero-order valence-electron chi connectivity index (χ0n) is 9.57. The van der Waals surface area contributed by atoms with Gasteiger partial charge in [-0.05, 0) is 22.6 Å². The lowest BCUT2D eigenvalue weighted by Crippen LogP contribution is -2.27. The van der Waals surface area contributed by atoms with E-state index in [2.05, 4.69) is 9.97 Å². The predicted octanol–water partition coefficient (Wildman–Crippen LogP) is 2.78. The average molecular weight is 360 g/mol. The highest BCUT2D eigenvalue weighted by Gasteiger charge is 2.30. The Morgan fingerprint density at radius 3 is 2.24 bits per heavy atom.